The van der Waals surface area contributed by atoms with Crippen LogP contribution in [0.2, 0.25) is 0 Å². The predicted molar refractivity (Wildman–Crippen MR) is 109 cm³/mol. The van der Waals surface area contributed by atoms with E-state index in [9.17, 15) is 9.59 Å². The van der Waals surface area contributed by atoms with Crippen LogP contribution in [-0.4, -0.2) is 43.5 Å². The number of nitrogens with zero attached hydrogens (tertiary/aromatic N) is 2. The molecule has 0 aliphatic carbocycles. The number of para-hydroxylation sites is 1. The molecular weight excluding hydrogens is 352 g/mol. The van der Waals surface area contributed by atoms with Crippen molar-refractivity contribution in [1.29, 1.82) is 0 Å². The molecule has 2 aromatic carbocycles. The lowest BCUT2D eigenvalue weighted by Gasteiger charge is -2.32. The van der Waals surface area contributed by atoms with Gasteiger partial charge >= 0.3 is 0 Å². The van der Waals surface area contributed by atoms with Crippen molar-refractivity contribution in [2.75, 3.05) is 31.7 Å². The number of ether oxygens (including phenoxy) is 1. The van der Waals surface area contributed by atoms with Crippen molar-refractivity contribution < 1.29 is 14.3 Å². The fourth-order valence-corrected chi connectivity index (χ4v) is 4.01. The molecule has 2 amide bonds. The summed E-state index contributed by atoms with van der Waals surface area (Å²) in [6.45, 7) is 1.61. The maximum Gasteiger partial charge on any atom is 0.278 e. The van der Waals surface area contributed by atoms with Gasteiger partial charge in [-0.3, -0.25) is 14.5 Å². The number of aryl methyl sites for hydroxylation is 1. The molecule has 0 unspecified atom stereocenters. The topological polar surface area (TPSA) is 49.9 Å². The number of benzene rings is 2. The SMILES string of the molecule is COCCCN1C(=O)C(c2ccccc2)=C(N2CCCc3ccccc32)C1=O. The van der Waals surface area contributed by atoms with E-state index in [4.69, 9.17) is 4.74 Å². The van der Waals surface area contributed by atoms with Gasteiger partial charge in [-0.1, -0.05) is 48.5 Å². The maximum atomic E-state index is 13.4. The second-order valence-electron chi connectivity index (χ2n) is 7.08. The third-order valence-electron chi connectivity index (χ3n) is 5.32. The molecule has 0 aromatic heterocycles. The summed E-state index contributed by atoms with van der Waals surface area (Å²) in [4.78, 5) is 30.0. The van der Waals surface area contributed by atoms with Crippen LogP contribution in [-0.2, 0) is 20.7 Å². The zero-order chi connectivity index (χ0) is 19.5. The minimum atomic E-state index is -0.217. The van der Waals surface area contributed by atoms with Crippen LogP contribution in [0.5, 0.6) is 0 Å². The number of rotatable bonds is 6. The first-order valence-electron chi connectivity index (χ1n) is 9.72. The molecule has 5 heteroatoms. The summed E-state index contributed by atoms with van der Waals surface area (Å²) in [5, 5.41) is 0. The number of hydrogen-bond acceptors (Lipinski definition) is 4. The number of hydrogen-bond donors (Lipinski definition) is 0. The molecule has 0 radical (unpaired) electrons. The van der Waals surface area contributed by atoms with Gasteiger partial charge in [0.2, 0.25) is 0 Å². The van der Waals surface area contributed by atoms with Crippen molar-refractivity contribution in [3.63, 3.8) is 0 Å². The minimum absolute atomic E-state index is 0.211. The number of methoxy groups -OCH3 is 1. The van der Waals surface area contributed by atoms with Crippen LogP contribution < -0.4 is 4.90 Å². The molecule has 5 nitrogen and oxygen atoms in total. The highest BCUT2D eigenvalue weighted by Gasteiger charge is 2.42. The number of amides is 2. The Bertz CT molecular complexity index is 920. The van der Waals surface area contributed by atoms with Crippen LogP contribution in [0.4, 0.5) is 5.69 Å². The smallest absolute Gasteiger partial charge is 0.278 e. The van der Waals surface area contributed by atoms with Crippen LogP contribution in [0, 0.1) is 0 Å². The average molecular weight is 376 g/mol. The van der Waals surface area contributed by atoms with E-state index in [2.05, 4.69) is 6.07 Å². The first-order chi connectivity index (χ1) is 13.7. The van der Waals surface area contributed by atoms with Gasteiger partial charge in [0, 0.05) is 32.5 Å². The standard InChI is InChI=1S/C23H24N2O3/c1-28-16-8-15-25-22(26)20(18-10-3-2-4-11-18)21(23(25)27)24-14-7-12-17-9-5-6-13-19(17)24/h2-6,9-11,13H,7-8,12,14-16H2,1H3. The molecule has 144 valence electrons. The molecule has 0 saturated carbocycles. The monoisotopic (exact) mass is 376 g/mol. The van der Waals surface area contributed by atoms with Gasteiger partial charge in [0.05, 0.1) is 5.57 Å². The molecular formula is C23H24N2O3. The quantitative estimate of drug-likeness (QED) is 0.574. The first-order valence-corrected chi connectivity index (χ1v) is 9.72. The van der Waals surface area contributed by atoms with E-state index in [1.807, 2.05) is 53.4 Å². The molecule has 0 atom stereocenters. The molecule has 2 aromatic rings. The van der Waals surface area contributed by atoms with Crippen LogP contribution in [0.25, 0.3) is 5.57 Å². The molecule has 0 bridgehead atoms. The first kappa shape index (κ1) is 18.4. The molecule has 0 saturated heterocycles. The summed E-state index contributed by atoms with van der Waals surface area (Å²) in [6.07, 6.45) is 2.56. The Morgan fingerprint density at radius 3 is 2.50 bits per heavy atom. The summed E-state index contributed by atoms with van der Waals surface area (Å²) in [7, 11) is 1.62. The number of fused-ring (bicyclic) bond motifs is 1. The number of carbonyl (C=O) groups excluding carboxylic acids is 2. The fourth-order valence-electron chi connectivity index (χ4n) is 4.01. The average Bonchev–Trinajstić information content (AvgIpc) is 2.98. The van der Waals surface area contributed by atoms with E-state index in [0.717, 1.165) is 30.6 Å². The fraction of sp³-hybridized carbons (Fsp3) is 0.304. The van der Waals surface area contributed by atoms with Gasteiger partial charge < -0.3 is 9.64 Å². The van der Waals surface area contributed by atoms with Crippen molar-refractivity contribution in [2.24, 2.45) is 0 Å². The Kier molecular flexibility index (Phi) is 5.26. The van der Waals surface area contributed by atoms with E-state index >= 15 is 0 Å². The third-order valence-corrected chi connectivity index (χ3v) is 5.32. The molecule has 2 aliphatic heterocycles. The lowest BCUT2D eigenvalue weighted by Crippen LogP contribution is -2.37. The largest absolute Gasteiger partial charge is 0.385 e. The van der Waals surface area contributed by atoms with Gasteiger partial charge in [0.15, 0.2) is 0 Å². The van der Waals surface area contributed by atoms with Crippen LogP contribution >= 0.6 is 0 Å². The normalized spacial score (nSPS) is 16.8. The lowest BCUT2D eigenvalue weighted by atomic mass is 9.98. The summed E-state index contributed by atoms with van der Waals surface area (Å²) < 4.78 is 5.10. The minimum Gasteiger partial charge on any atom is -0.385 e. The van der Waals surface area contributed by atoms with Crippen molar-refractivity contribution in [1.82, 2.24) is 4.90 Å². The van der Waals surface area contributed by atoms with Crippen LogP contribution in [0.3, 0.4) is 0 Å². The van der Waals surface area contributed by atoms with E-state index in [0.29, 0.717) is 30.8 Å². The Morgan fingerprint density at radius 2 is 1.71 bits per heavy atom. The van der Waals surface area contributed by atoms with E-state index in [1.54, 1.807) is 7.11 Å². The summed E-state index contributed by atoms with van der Waals surface area (Å²) in [6, 6.07) is 17.6. The van der Waals surface area contributed by atoms with Crippen molar-refractivity contribution in [3.05, 3.63) is 71.4 Å². The highest BCUT2D eigenvalue weighted by Crippen LogP contribution is 2.37. The second kappa shape index (κ2) is 7.98. The van der Waals surface area contributed by atoms with Gasteiger partial charge in [0.25, 0.3) is 11.8 Å². The molecule has 0 N–H and O–H groups in total. The van der Waals surface area contributed by atoms with Gasteiger partial charge in [-0.2, -0.15) is 0 Å². The number of anilines is 1. The van der Waals surface area contributed by atoms with Gasteiger partial charge in [-0.05, 0) is 36.5 Å². The number of imide groups is 1. The van der Waals surface area contributed by atoms with E-state index in [1.165, 1.54) is 10.5 Å². The second-order valence-corrected chi connectivity index (χ2v) is 7.08. The van der Waals surface area contributed by atoms with Crippen molar-refractivity contribution >= 4 is 23.1 Å². The highest BCUT2D eigenvalue weighted by molar-refractivity contribution is 6.36. The molecule has 0 fully saturated rings. The Hall–Kier alpha value is -2.92. The van der Waals surface area contributed by atoms with Crippen molar-refractivity contribution in [2.45, 2.75) is 19.3 Å². The zero-order valence-electron chi connectivity index (χ0n) is 16.1. The van der Waals surface area contributed by atoms with E-state index < -0.39 is 0 Å². The van der Waals surface area contributed by atoms with E-state index in [-0.39, 0.29) is 11.8 Å². The van der Waals surface area contributed by atoms with Crippen molar-refractivity contribution in [3.8, 4) is 0 Å². The maximum absolute atomic E-state index is 13.4. The van der Waals surface area contributed by atoms with Crippen LogP contribution in [0.15, 0.2) is 60.3 Å². The Labute approximate surface area is 165 Å². The molecule has 0 spiro atoms. The lowest BCUT2D eigenvalue weighted by molar-refractivity contribution is -0.137. The summed E-state index contributed by atoms with van der Waals surface area (Å²) >= 11 is 0. The van der Waals surface area contributed by atoms with Gasteiger partial charge in [0.1, 0.15) is 5.70 Å². The zero-order valence-corrected chi connectivity index (χ0v) is 16.1. The van der Waals surface area contributed by atoms with Gasteiger partial charge in [-0.25, -0.2) is 0 Å². The molecule has 28 heavy (non-hydrogen) atoms. The molecule has 2 aliphatic rings. The van der Waals surface area contributed by atoms with Gasteiger partial charge in [-0.15, -0.1) is 0 Å². The highest BCUT2D eigenvalue weighted by atomic mass is 16.5. The predicted octanol–water partition coefficient (Wildman–Crippen LogP) is 3.26. The molecule has 2 heterocycles. The van der Waals surface area contributed by atoms with Crippen LogP contribution in [0.1, 0.15) is 24.0 Å². The Balaban J connectivity index is 1.80. The molecule has 4 rings (SSSR count). The summed E-state index contributed by atoms with van der Waals surface area (Å²) in [5.41, 5.74) is 4.03. The summed E-state index contributed by atoms with van der Waals surface area (Å²) in [5.74, 6) is -0.429. The Morgan fingerprint density at radius 1 is 0.964 bits per heavy atom. The third kappa shape index (κ3) is 3.22. The number of carbonyl (C=O) groups is 2.